The summed E-state index contributed by atoms with van der Waals surface area (Å²) in [5.74, 6) is 0. The molecule has 4 aromatic rings. The van der Waals surface area contributed by atoms with E-state index in [1.807, 2.05) is 60.7 Å². The largest absolute Gasteiger partial charge is 0.489 e. The van der Waals surface area contributed by atoms with E-state index in [1.54, 1.807) is 24.3 Å². The molecule has 40 heavy (non-hydrogen) atoms. The first kappa shape index (κ1) is 46.2. The molecule has 4 rings (SSSR count). The summed E-state index contributed by atoms with van der Waals surface area (Å²) in [6, 6.07) is 30.2. The Bertz CT molecular complexity index is 1120. The minimum absolute atomic E-state index is 0. The summed E-state index contributed by atoms with van der Waals surface area (Å²) in [6.07, 6.45) is 0. The molecule has 0 aromatic heterocycles. The van der Waals surface area contributed by atoms with Crippen molar-refractivity contribution in [2.24, 2.45) is 0 Å². The molecule has 0 fully saturated rings. The molecule has 4 aromatic carbocycles. The second-order valence-corrected chi connectivity index (χ2v) is 11.9. The van der Waals surface area contributed by atoms with Crippen molar-refractivity contribution in [1.82, 2.24) is 0 Å². The molecular weight excluding hydrogens is 838 g/mol. The summed E-state index contributed by atoms with van der Waals surface area (Å²) >= 11 is 25.4. The van der Waals surface area contributed by atoms with E-state index in [0.29, 0.717) is 10.5 Å². The first-order valence-electron chi connectivity index (χ1n) is 9.72. The van der Waals surface area contributed by atoms with Crippen LogP contribution in [0.25, 0.3) is 0 Å². The number of benzene rings is 4. The third kappa shape index (κ3) is 18.7. The van der Waals surface area contributed by atoms with Gasteiger partial charge in [0, 0.05) is 40.8 Å². The van der Waals surface area contributed by atoms with Gasteiger partial charge in [0.1, 0.15) is 0 Å². The first-order valence-corrected chi connectivity index (χ1v) is 14.5. The van der Waals surface area contributed by atoms with E-state index in [0.717, 1.165) is 18.6 Å². The average molecular weight is 864 g/mol. The zero-order valence-corrected chi connectivity index (χ0v) is 26.4. The van der Waals surface area contributed by atoms with Crippen LogP contribution in [0.15, 0.2) is 97.1 Å². The van der Waals surface area contributed by atoms with Crippen LogP contribution in [0.2, 0.25) is 20.1 Å². The van der Waals surface area contributed by atoms with Gasteiger partial charge >= 0.3 is 117 Å². The van der Waals surface area contributed by atoms with Crippen LogP contribution in [0.5, 0.6) is 0 Å². The van der Waals surface area contributed by atoms with E-state index >= 15 is 0 Å². The molecule has 0 saturated heterocycles. The van der Waals surface area contributed by atoms with Crippen molar-refractivity contribution < 1.29 is 49.5 Å². The summed E-state index contributed by atoms with van der Waals surface area (Å²) in [4.78, 5) is 0. The molecular formula is C26H26B2Cl4F4I2O2-. The van der Waals surface area contributed by atoms with Gasteiger partial charge < -0.3 is 10.0 Å². The zero-order valence-electron chi connectivity index (χ0n) is 19.1. The van der Waals surface area contributed by atoms with E-state index in [4.69, 9.17) is 74.7 Å². The maximum atomic E-state index is 8.68. The van der Waals surface area contributed by atoms with Gasteiger partial charge in [-0.05, 0) is 40.8 Å². The minimum atomic E-state index is -1.48. The van der Waals surface area contributed by atoms with E-state index < -0.39 is 7.12 Å². The number of hydrogen-bond donors (Lipinski definition) is 2. The molecule has 0 aliphatic heterocycles. The molecule has 0 heterocycles. The number of halogens is 10. The molecule has 219 valence electrons. The summed E-state index contributed by atoms with van der Waals surface area (Å²) in [7, 11) is -1.48. The van der Waals surface area contributed by atoms with E-state index in [-0.39, 0.29) is 44.5 Å². The Balaban J connectivity index is -0.000000230. The monoisotopic (exact) mass is 862 g/mol. The molecule has 14 heteroatoms. The Hall–Kier alpha value is -0.730. The first-order chi connectivity index (χ1) is 17.8. The topological polar surface area (TPSA) is 40.5 Å². The molecule has 2 N–H and O–H groups in total. The number of hydrogen-bond acceptors (Lipinski definition) is 2. The summed E-state index contributed by atoms with van der Waals surface area (Å²) in [6.45, 7) is 0. The van der Waals surface area contributed by atoms with Crippen LogP contribution in [-0.2, 0) is 0 Å². The van der Waals surface area contributed by atoms with Gasteiger partial charge in [0.25, 0.3) is 0 Å². The molecule has 0 aliphatic rings. The van der Waals surface area contributed by atoms with Crippen LogP contribution < -0.4 is 26.7 Å². The predicted octanol–water partition coefficient (Wildman–Crippen LogP) is 6.66. The average Bonchev–Trinajstić information content (AvgIpc) is 2.92. The Morgan fingerprint density at radius 3 is 1.15 bits per heavy atom. The molecule has 3 radical (unpaired) electrons. The molecule has 2 nitrogen and oxygen atoms in total. The van der Waals surface area contributed by atoms with Crippen molar-refractivity contribution in [3.63, 3.8) is 0 Å². The van der Waals surface area contributed by atoms with Gasteiger partial charge in [-0.2, -0.15) is 0 Å². The summed E-state index contributed by atoms with van der Waals surface area (Å²) < 4.78 is 35.5. The van der Waals surface area contributed by atoms with Crippen LogP contribution in [0.4, 0.5) is 18.3 Å². The van der Waals surface area contributed by atoms with Crippen molar-refractivity contribution in [2.45, 2.75) is 14.9 Å². The van der Waals surface area contributed by atoms with Crippen LogP contribution in [0.3, 0.4) is 0 Å². The van der Waals surface area contributed by atoms with Crippen LogP contribution in [-0.4, -0.2) is 25.6 Å². The third-order valence-corrected chi connectivity index (χ3v) is 10.1. The molecule has 0 bridgehead atoms. The quantitative estimate of drug-likeness (QED) is 0.138. The molecule has 0 atom stereocenters. The van der Waals surface area contributed by atoms with Crippen LogP contribution in [0, 0.1) is 10.7 Å². The smallest absolute Gasteiger partial charge is 0.423 e. The summed E-state index contributed by atoms with van der Waals surface area (Å²) in [5.41, 5.74) is 0.337. The van der Waals surface area contributed by atoms with Gasteiger partial charge in [0.2, 0.25) is 0 Å². The molecule has 0 amide bonds. The van der Waals surface area contributed by atoms with E-state index in [2.05, 4.69) is 34.7 Å². The molecule has 0 unspecified atom stereocenters. The van der Waals surface area contributed by atoms with Gasteiger partial charge in [-0.3, -0.25) is 0 Å². The van der Waals surface area contributed by atoms with Crippen molar-refractivity contribution in [3.8, 4) is 0 Å². The fourth-order valence-electron chi connectivity index (χ4n) is 2.27. The fourth-order valence-corrected chi connectivity index (χ4v) is 6.05. The standard InChI is InChI=1S/C12H8Cl2I.C6H6BClO2.C6H4ClI.2CH4.B.2F2/c13-9-5-1-3-7-11(9)15-12-8-4-2-6-10(12)14;8-6-4-2-1-3-5(6)7(9)10;7-5-3-1-2-4-6(5)8;;;;2*1-2/h1-8H;1-4,9-10H;1-4H;2*1H4;;;/q-1;;;;;;;. The van der Waals surface area contributed by atoms with Crippen LogP contribution in [0.1, 0.15) is 14.9 Å². The van der Waals surface area contributed by atoms with E-state index in [1.165, 1.54) is 7.14 Å². The Morgan fingerprint density at radius 1 is 0.550 bits per heavy atom. The number of rotatable bonds is 3. The zero-order chi connectivity index (χ0) is 28.2. The van der Waals surface area contributed by atoms with Crippen molar-refractivity contribution >= 4 is 90.0 Å². The Morgan fingerprint density at radius 2 is 0.875 bits per heavy atom. The van der Waals surface area contributed by atoms with Crippen LogP contribution >= 0.6 is 69.0 Å². The minimum Gasteiger partial charge on any atom is -0.423 e. The Labute approximate surface area is 279 Å². The molecule has 0 saturated carbocycles. The molecule has 0 aliphatic carbocycles. The van der Waals surface area contributed by atoms with Crippen molar-refractivity contribution in [3.05, 3.63) is 128 Å². The second-order valence-electron chi connectivity index (χ2n) is 6.23. The third-order valence-electron chi connectivity index (χ3n) is 3.86. The maximum Gasteiger partial charge on any atom is 0.489 e. The van der Waals surface area contributed by atoms with E-state index in [9.17, 15) is 0 Å². The SMILES string of the molecule is C.C.Clc1ccccc1I.Clc1ccccc1[I-]c1ccccc1Cl.FF.FF.OB(O)c1ccccc1Cl.[B]. The second kappa shape index (κ2) is 28.4. The van der Waals surface area contributed by atoms with Gasteiger partial charge in [0.15, 0.2) is 0 Å². The maximum absolute atomic E-state index is 8.68. The van der Waals surface area contributed by atoms with Gasteiger partial charge in [-0.25, -0.2) is 0 Å². The normalized spacial score (nSPS) is 8.47. The fraction of sp³-hybridized carbons (Fsp3) is 0.0769. The van der Waals surface area contributed by atoms with Gasteiger partial charge in [-0.15, -0.1) is 0 Å². The van der Waals surface area contributed by atoms with Gasteiger partial charge in [0.05, 0.1) is 5.02 Å². The Kier molecular flexibility index (Phi) is 32.8. The molecule has 0 spiro atoms. The summed E-state index contributed by atoms with van der Waals surface area (Å²) in [5, 5.41) is 20.2. The van der Waals surface area contributed by atoms with Crippen molar-refractivity contribution in [2.75, 3.05) is 0 Å². The predicted molar refractivity (Wildman–Crippen MR) is 169 cm³/mol. The van der Waals surface area contributed by atoms with Crippen molar-refractivity contribution in [1.29, 1.82) is 0 Å². The van der Waals surface area contributed by atoms with Gasteiger partial charge in [-0.1, -0.05) is 68.4 Å².